The van der Waals surface area contributed by atoms with Crippen LogP contribution in [-0.2, 0) is 51.9 Å². The Kier molecular flexibility index (Phi) is 19.1. The summed E-state index contributed by atoms with van der Waals surface area (Å²) >= 11 is 0. The number of unbranched alkanes of at least 4 members (excludes halogenated alkanes) is 8. The van der Waals surface area contributed by atoms with Crippen LogP contribution in [0, 0.1) is 0 Å². The van der Waals surface area contributed by atoms with E-state index in [2.05, 4.69) is 43.5 Å². The maximum Gasteiger partial charge on any atom is 0.543 e. The lowest BCUT2D eigenvalue weighted by molar-refractivity contribution is -0.452. The predicted molar refractivity (Wildman–Crippen MR) is 160 cm³/mol. The van der Waals surface area contributed by atoms with Crippen LogP contribution in [0.25, 0.3) is 0 Å². The van der Waals surface area contributed by atoms with Gasteiger partial charge in [-0.2, -0.15) is 0 Å². The zero-order valence-electron chi connectivity index (χ0n) is 26.1. The molecule has 2 rings (SSSR count). The first-order valence-electron chi connectivity index (χ1n) is 15.5. The van der Waals surface area contributed by atoms with Crippen molar-refractivity contribution in [2.45, 2.75) is 97.3 Å². The lowest BCUT2D eigenvalue weighted by Crippen LogP contribution is -2.13. The second kappa shape index (κ2) is 23.3. The molecule has 0 unspecified atom stereocenters. The van der Waals surface area contributed by atoms with Gasteiger partial charge in [0, 0.05) is 0 Å². The molecule has 0 aliphatic carbocycles. The van der Waals surface area contributed by atoms with Gasteiger partial charge in [-0.05, 0) is 73.9 Å². The zero-order valence-corrected chi connectivity index (χ0v) is 26.1. The molecule has 0 saturated carbocycles. The maximum atomic E-state index is 12.0. The summed E-state index contributed by atoms with van der Waals surface area (Å²) in [5, 5.41) is 8.46. The van der Waals surface area contributed by atoms with Crippen LogP contribution in [-0.4, -0.2) is 37.5 Å². The van der Waals surface area contributed by atoms with Gasteiger partial charge < -0.3 is 9.47 Å². The molecule has 0 radical (unpaired) electrons. The van der Waals surface area contributed by atoms with Crippen LogP contribution in [0.5, 0.6) is 0 Å². The van der Waals surface area contributed by atoms with E-state index in [0.29, 0.717) is 12.8 Å². The Bertz CT molecular complexity index is 1040. The van der Waals surface area contributed by atoms with Crippen molar-refractivity contribution < 1.29 is 58.3 Å². The van der Waals surface area contributed by atoms with E-state index in [4.69, 9.17) is 9.47 Å². The molecule has 0 N–H and O–H groups in total. The van der Waals surface area contributed by atoms with Gasteiger partial charge in [-0.1, -0.05) is 83.1 Å². The smallest absolute Gasteiger partial charge is 0.432 e. The summed E-state index contributed by atoms with van der Waals surface area (Å²) in [7, 11) is 0. The Hall–Kier alpha value is -4.16. The quantitative estimate of drug-likeness (QED) is 0.0535. The van der Waals surface area contributed by atoms with Gasteiger partial charge in [0.15, 0.2) is 0 Å². The molecule has 2 aromatic carbocycles. The summed E-state index contributed by atoms with van der Waals surface area (Å²) in [6.45, 7) is 4.44. The normalized spacial score (nSPS) is 10.5. The molecule has 0 amide bonds. The van der Waals surface area contributed by atoms with E-state index in [1.54, 1.807) is 24.3 Å². The molecule has 12 heteroatoms. The Morgan fingerprint density at radius 3 is 1.22 bits per heavy atom. The van der Waals surface area contributed by atoms with E-state index < -0.39 is 24.2 Å². The molecule has 12 nitrogen and oxygen atoms in total. The summed E-state index contributed by atoms with van der Waals surface area (Å²) in [5.74, 6) is -1.60. The van der Waals surface area contributed by atoms with Crippen LogP contribution in [0.3, 0.4) is 0 Å². The van der Waals surface area contributed by atoms with Gasteiger partial charge >= 0.3 is 24.2 Å². The van der Waals surface area contributed by atoms with Crippen LogP contribution < -0.4 is 0 Å². The standard InChI is InChI=1S/C33H44O12/c1-3-5-10-14-26-16-20-28(21-17-26)30(34)40-44-42-32(36)38-24-12-8-7-9-13-25-39-33(37)43-45-41-31(35)29-22-18-27(19-23-29)15-11-6-4-2/h16-23H,3-15,24-25H2,1-2H3. The minimum Gasteiger partial charge on any atom is -0.432 e. The van der Waals surface area contributed by atoms with Crippen molar-refractivity contribution in [2.24, 2.45) is 0 Å². The molecule has 45 heavy (non-hydrogen) atoms. The molecule has 0 spiro atoms. The van der Waals surface area contributed by atoms with Crippen LogP contribution in [0.2, 0.25) is 0 Å². The minimum atomic E-state index is -1.13. The monoisotopic (exact) mass is 632 g/mol. The average molecular weight is 633 g/mol. The molecule has 0 atom stereocenters. The van der Waals surface area contributed by atoms with Crippen molar-refractivity contribution in [3.05, 3.63) is 70.8 Å². The first-order chi connectivity index (χ1) is 21.9. The molecule has 0 bridgehead atoms. The molecular weight excluding hydrogens is 588 g/mol. The Balaban J connectivity index is 1.41. The highest BCUT2D eigenvalue weighted by Crippen LogP contribution is 2.12. The van der Waals surface area contributed by atoms with E-state index >= 15 is 0 Å². The number of benzene rings is 2. The number of rotatable bonds is 22. The lowest BCUT2D eigenvalue weighted by Gasteiger charge is -2.06. The van der Waals surface area contributed by atoms with Crippen molar-refractivity contribution >= 4 is 24.2 Å². The van der Waals surface area contributed by atoms with E-state index in [1.807, 2.05) is 24.3 Å². The third kappa shape index (κ3) is 17.1. The highest BCUT2D eigenvalue weighted by atomic mass is 17.5. The minimum absolute atomic E-state index is 0.0810. The Morgan fingerprint density at radius 2 is 0.844 bits per heavy atom. The fourth-order valence-corrected chi connectivity index (χ4v) is 4.11. The topological polar surface area (TPSA) is 142 Å². The van der Waals surface area contributed by atoms with Crippen molar-refractivity contribution in [2.75, 3.05) is 13.2 Å². The Morgan fingerprint density at radius 1 is 0.467 bits per heavy atom. The fourth-order valence-electron chi connectivity index (χ4n) is 4.11. The van der Waals surface area contributed by atoms with Crippen molar-refractivity contribution in [1.82, 2.24) is 0 Å². The Labute approximate surface area is 263 Å². The molecule has 0 heterocycles. The summed E-state index contributed by atoms with van der Waals surface area (Å²) in [6.07, 6.45) is 9.72. The molecule has 248 valence electrons. The van der Waals surface area contributed by atoms with Gasteiger partial charge in [0.25, 0.3) is 0 Å². The molecule has 0 aliphatic rings. The molecule has 0 aromatic heterocycles. The number of carbonyl (C=O) groups excluding carboxylic acids is 4. The number of ether oxygens (including phenoxy) is 2. The van der Waals surface area contributed by atoms with Gasteiger partial charge in [-0.3, -0.25) is 9.78 Å². The van der Waals surface area contributed by atoms with Crippen molar-refractivity contribution in [3.63, 3.8) is 0 Å². The molecule has 2 aromatic rings. The average Bonchev–Trinajstić information content (AvgIpc) is 3.04. The van der Waals surface area contributed by atoms with Gasteiger partial charge in [0.2, 0.25) is 0 Å². The third-order valence-corrected chi connectivity index (χ3v) is 6.67. The summed E-state index contributed by atoms with van der Waals surface area (Å²) in [4.78, 5) is 64.5. The lowest BCUT2D eigenvalue weighted by atomic mass is 10.1. The number of aryl methyl sites for hydroxylation is 2. The van der Waals surface area contributed by atoms with Gasteiger partial charge in [0.1, 0.15) is 0 Å². The van der Waals surface area contributed by atoms with E-state index in [1.165, 1.54) is 0 Å². The second-order valence-electron chi connectivity index (χ2n) is 10.3. The number of hydrogen-bond donors (Lipinski definition) is 0. The molecular formula is C33H44O12. The van der Waals surface area contributed by atoms with Crippen LogP contribution in [0.15, 0.2) is 48.5 Å². The maximum absolute atomic E-state index is 12.0. The highest BCUT2D eigenvalue weighted by molar-refractivity contribution is 5.89. The SMILES string of the molecule is CCCCCc1ccc(C(=O)OOOC(=O)OCCCCCCCOC(=O)OOOC(=O)c2ccc(CCCCC)cc2)cc1. The van der Waals surface area contributed by atoms with Crippen LogP contribution >= 0.6 is 0 Å². The first-order valence-corrected chi connectivity index (χ1v) is 15.5. The van der Waals surface area contributed by atoms with Crippen LogP contribution in [0.4, 0.5) is 9.59 Å². The molecule has 0 saturated heterocycles. The summed E-state index contributed by atoms with van der Waals surface area (Å²) < 4.78 is 9.69. The van der Waals surface area contributed by atoms with E-state index in [-0.39, 0.29) is 24.3 Å². The third-order valence-electron chi connectivity index (χ3n) is 6.67. The fraction of sp³-hybridized carbons (Fsp3) is 0.515. The van der Waals surface area contributed by atoms with Crippen LogP contribution in [0.1, 0.15) is 116 Å². The van der Waals surface area contributed by atoms with Gasteiger partial charge in [-0.15, -0.1) is 0 Å². The summed E-state index contributed by atoms with van der Waals surface area (Å²) in [5.41, 5.74) is 2.77. The van der Waals surface area contributed by atoms with Crippen molar-refractivity contribution in [1.29, 1.82) is 0 Å². The number of hydrogen-bond acceptors (Lipinski definition) is 12. The van der Waals surface area contributed by atoms with Gasteiger partial charge in [-0.25, -0.2) is 29.0 Å². The summed E-state index contributed by atoms with van der Waals surface area (Å²) in [6, 6.07) is 13.8. The van der Waals surface area contributed by atoms with E-state index in [9.17, 15) is 19.2 Å². The molecule has 0 aliphatic heterocycles. The predicted octanol–water partition coefficient (Wildman–Crippen LogP) is 8.12. The molecule has 0 fully saturated rings. The van der Waals surface area contributed by atoms with Gasteiger partial charge in [0.05, 0.1) is 34.4 Å². The van der Waals surface area contributed by atoms with Crippen molar-refractivity contribution in [3.8, 4) is 0 Å². The van der Waals surface area contributed by atoms with E-state index in [0.717, 1.165) is 81.8 Å². The highest BCUT2D eigenvalue weighted by Gasteiger charge is 2.13. The first kappa shape index (κ1) is 37.0. The second-order valence-corrected chi connectivity index (χ2v) is 10.3. The number of carbonyl (C=O) groups is 4. The zero-order chi connectivity index (χ0) is 32.5. The largest absolute Gasteiger partial charge is 0.543 e.